The van der Waals surface area contributed by atoms with Crippen LogP contribution >= 0.6 is 15.9 Å². The first-order valence-electron chi connectivity index (χ1n) is 4.50. The lowest BCUT2D eigenvalue weighted by molar-refractivity contribution is 0.0696. The van der Waals surface area contributed by atoms with E-state index in [-0.39, 0.29) is 5.56 Å². The number of rotatable bonds is 2. The molecule has 82 valence electrons. The average Bonchev–Trinajstić information content (AvgIpc) is 2.61. The number of carboxylic acids is 1. The summed E-state index contributed by atoms with van der Waals surface area (Å²) >= 11 is 3.33. The lowest BCUT2D eigenvalue weighted by Crippen LogP contribution is -1.99. The average molecular weight is 282 g/mol. The number of nitrogens with zero attached hydrogens (tertiary/aromatic N) is 3. The van der Waals surface area contributed by atoms with Gasteiger partial charge >= 0.3 is 5.97 Å². The van der Waals surface area contributed by atoms with E-state index in [0.717, 1.165) is 4.47 Å². The zero-order valence-corrected chi connectivity index (χ0v) is 9.97. The van der Waals surface area contributed by atoms with E-state index >= 15 is 0 Å². The van der Waals surface area contributed by atoms with Crippen molar-refractivity contribution in [3.05, 3.63) is 40.3 Å². The number of halogens is 1. The molecule has 2 rings (SSSR count). The Labute approximate surface area is 99.9 Å². The monoisotopic (exact) mass is 281 g/mol. The lowest BCUT2D eigenvalue weighted by Gasteiger charge is -2.01. The van der Waals surface area contributed by atoms with Gasteiger partial charge < -0.3 is 5.11 Å². The minimum absolute atomic E-state index is 0.178. The highest BCUT2D eigenvalue weighted by Crippen LogP contribution is 2.18. The molecule has 0 aromatic carbocycles. The van der Waals surface area contributed by atoms with Crippen LogP contribution in [0.25, 0.3) is 5.82 Å². The molecule has 2 aromatic rings. The molecular weight excluding hydrogens is 274 g/mol. The lowest BCUT2D eigenvalue weighted by atomic mass is 10.3. The van der Waals surface area contributed by atoms with Crippen LogP contribution in [0, 0.1) is 6.92 Å². The van der Waals surface area contributed by atoms with Crippen molar-refractivity contribution in [3.63, 3.8) is 0 Å². The predicted molar refractivity (Wildman–Crippen MR) is 60.8 cm³/mol. The van der Waals surface area contributed by atoms with Crippen LogP contribution in [0.1, 0.15) is 16.1 Å². The third-order valence-corrected chi connectivity index (χ3v) is 2.70. The van der Waals surface area contributed by atoms with Gasteiger partial charge in [-0.3, -0.25) is 0 Å². The third kappa shape index (κ3) is 1.83. The van der Waals surface area contributed by atoms with Crippen LogP contribution in [0.5, 0.6) is 0 Å². The second kappa shape index (κ2) is 4.05. The first kappa shape index (κ1) is 10.8. The number of carbonyl (C=O) groups is 1. The Hall–Kier alpha value is -1.69. The van der Waals surface area contributed by atoms with Gasteiger partial charge in [0.1, 0.15) is 5.56 Å². The summed E-state index contributed by atoms with van der Waals surface area (Å²) in [4.78, 5) is 15.0. The van der Waals surface area contributed by atoms with Crippen LogP contribution in [0.4, 0.5) is 0 Å². The minimum Gasteiger partial charge on any atom is -0.478 e. The van der Waals surface area contributed by atoms with Gasteiger partial charge in [-0.1, -0.05) is 0 Å². The van der Waals surface area contributed by atoms with Crippen LogP contribution in [-0.4, -0.2) is 25.8 Å². The summed E-state index contributed by atoms with van der Waals surface area (Å²) in [6, 6.07) is 3.60. The summed E-state index contributed by atoms with van der Waals surface area (Å²) in [6.07, 6.45) is 3.07. The van der Waals surface area contributed by atoms with Crippen molar-refractivity contribution < 1.29 is 9.90 Å². The molecule has 0 atom stereocenters. The summed E-state index contributed by atoms with van der Waals surface area (Å²) in [5, 5.41) is 13.0. The van der Waals surface area contributed by atoms with E-state index in [4.69, 9.17) is 5.11 Å². The van der Waals surface area contributed by atoms with Gasteiger partial charge in [0.15, 0.2) is 5.82 Å². The van der Waals surface area contributed by atoms with E-state index in [1.165, 1.54) is 10.9 Å². The van der Waals surface area contributed by atoms with E-state index in [0.29, 0.717) is 11.5 Å². The summed E-state index contributed by atoms with van der Waals surface area (Å²) in [7, 11) is 0. The quantitative estimate of drug-likeness (QED) is 0.915. The fourth-order valence-corrected chi connectivity index (χ4v) is 1.76. The van der Waals surface area contributed by atoms with Crippen molar-refractivity contribution in [2.45, 2.75) is 6.92 Å². The Morgan fingerprint density at radius 1 is 1.56 bits per heavy atom. The molecule has 0 amide bonds. The van der Waals surface area contributed by atoms with Crippen LogP contribution in [0.15, 0.2) is 29.0 Å². The fraction of sp³-hybridized carbons (Fsp3) is 0.100. The van der Waals surface area contributed by atoms with Crippen LogP contribution in [-0.2, 0) is 0 Å². The third-order valence-electron chi connectivity index (χ3n) is 2.09. The van der Waals surface area contributed by atoms with Crippen molar-refractivity contribution in [2.24, 2.45) is 0 Å². The number of hydrogen-bond acceptors (Lipinski definition) is 3. The molecule has 5 nitrogen and oxygen atoms in total. The molecule has 0 bridgehead atoms. The summed E-state index contributed by atoms with van der Waals surface area (Å²) in [5.74, 6) is -0.422. The highest BCUT2D eigenvalue weighted by molar-refractivity contribution is 9.10. The minimum atomic E-state index is -0.990. The second-order valence-electron chi connectivity index (χ2n) is 3.19. The van der Waals surface area contributed by atoms with Crippen LogP contribution in [0.3, 0.4) is 0 Å². The summed E-state index contributed by atoms with van der Waals surface area (Å²) < 4.78 is 2.21. The number of hydrogen-bond donors (Lipinski definition) is 1. The highest BCUT2D eigenvalue weighted by Gasteiger charge is 2.14. The second-order valence-corrected chi connectivity index (χ2v) is 4.04. The van der Waals surface area contributed by atoms with Gasteiger partial charge in [0.05, 0.1) is 10.2 Å². The maximum absolute atomic E-state index is 10.9. The van der Waals surface area contributed by atoms with E-state index < -0.39 is 5.97 Å². The number of aromatic nitrogens is 3. The molecule has 6 heteroatoms. The van der Waals surface area contributed by atoms with Crippen molar-refractivity contribution in [1.82, 2.24) is 14.8 Å². The summed E-state index contributed by atoms with van der Waals surface area (Å²) in [5.41, 5.74) is 0.641. The van der Waals surface area contributed by atoms with Gasteiger partial charge in [-0.25, -0.2) is 14.5 Å². The van der Waals surface area contributed by atoms with Gasteiger partial charge in [0.2, 0.25) is 0 Å². The largest absolute Gasteiger partial charge is 0.478 e. The number of carboxylic acid groups (broad SMARTS) is 1. The molecule has 0 aliphatic rings. The molecule has 0 aliphatic carbocycles. The van der Waals surface area contributed by atoms with E-state index in [2.05, 4.69) is 26.0 Å². The Morgan fingerprint density at radius 3 is 2.88 bits per heavy atom. The summed E-state index contributed by atoms with van der Waals surface area (Å²) in [6.45, 7) is 1.65. The zero-order chi connectivity index (χ0) is 11.7. The molecule has 0 saturated carbocycles. The maximum atomic E-state index is 10.9. The zero-order valence-electron chi connectivity index (χ0n) is 8.38. The Kier molecular flexibility index (Phi) is 2.74. The first-order valence-corrected chi connectivity index (χ1v) is 5.29. The van der Waals surface area contributed by atoms with Crippen LogP contribution < -0.4 is 0 Å². The predicted octanol–water partition coefficient (Wildman–Crippen LogP) is 2.04. The maximum Gasteiger partial charge on any atom is 0.339 e. The van der Waals surface area contributed by atoms with Crippen molar-refractivity contribution in [3.8, 4) is 5.82 Å². The highest BCUT2D eigenvalue weighted by atomic mass is 79.9. The molecule has 0 aliphatic heterocycles. The van der Waals surface area contributed by atoms with E-state index in [9.17, 15) is 4.79 Å². The van der Waals surface area contributed by atoms with Gasteiger partial charge in [-0.05, 0) is 35.0 Å². The Morgan fingerprint density at radius 2 is 2.31 bits per heavy atom. The van der Waals surface area contributed by atoms with E-state index in [1.807, 2.05) is 6.07 Å². The molecule has 16 heavy (non-hydrogen) atoms. The van der Waals surface area contributed by atoms with Gasteiger partial charge in [0.25, 0.3) is 0 Å². The topological polar surface area (TPSA) is 68.0 Å². The molecular formula is C10H8BrN3O2. The Bertz CT molecular complexity index is 551. The van der Waals surface area contributed by atoms with Crippen LogP contribution in [0.2, 0.25) is 0 Å². The Balaban J connectivity index is 2.54. The molecule has 1 N–H and O–H groups in total. The smallest absolute Gasteiger partial charge is 0.339 e. The van der Waals surface area contributed by atoms with Crippen molar-refractivity contribution in [1.29, 1.82) is 0 Å². The van der Waals surface area contributed by atoms with Gasteiger partial charge in [-0.2, -0.15) is 5.10 Å². The van der Waals surface area contributed by atoms with Crippen molar-refractivity contribution >= 4 is 21.9 Å². The number of aryl methyl sites for hydroxylation is 1. The normalized spacial score (nSPS) is 10.4. The SMILES string of the molecule is Cc1nn(-c2ncccc2Br)cc1C(=O)O. The molecule has 0 fully saturated rings. The standard InChI is InChI=1S/C10H8BrN3O2/c1-6-7(10(15)16)5-14(13-6)9-8(11)3-2-4-12-9/h2-5H,1H3,(H,15,16). The molecule has 2 aromatic heterocycles. The molecule has 0 saturated heterocycles. The molecule has 0 spiro atoms. The van der Waals surface area contributed by atoms with E-state index in [1.54, 1.807) is 19.2 Å². The fourth-order valence-electron chi connectivity index (χ4n) is 1.32. The van der Waals surface area contributed by atoms with Gasteiger partial charge in [-0.15, -0.1) is 0 Å². The molecule has 2 heterocycles. The number of aromatic carboxylic acids is 1. The number of pyridine rings is 1. The molecule has 0 unspecified atom stereocenters. The van der Waals surface area contributed by atoms with Crippen molar-refractivity contribution in [2.75, 3.05) is 0 Å². The van der Waals surface area contributed by atoms with Gasteiger partial charge in [0, 0.05) is 12.4 Å². The first-order chi connectivity index (χ1) is 7.59. The molecule has 0 radical (unpaired) electrons.